The summed E-state index contributed by atoms with van der Waals surface area (Å²) in [5.41, 5.74) is 5.49. The number of rotatable bonds is 5. The Kier molecular flexibility index (Phi) is 5.21. The third kappa shape index (κ3) is 3.73. The maximum atomic E-state index is 14.2. The van der Waals surface area contributed by atoms with E-state index in [1.165, 1.54) is 6.07 Å². The third-order valence-corrected chi connectivity index (χ3v) is 5.41. The highest BCUT2D eigenvalue weighted by Gasteiger charge is 2.26. The van der Waals surface area contributed by atoms with Crippen LogP contribution in [0.15, 0.2) is 17.0 Å². The number of hydrogen-bond acceptors (Lipinski definition) is 4. The fourth-order valence-electron chi connectivity index (χ4n) is 2.48. The molecule has 0 aromatic heterocycles. The summed E-state index contributed by atoms with van der Waals surface area (Å²) in [5, 5.41) is 0.148. The van der Waals surface area contributed by atoms with E-state index in [2.05, 4.69) is 9.62 Å². The number of nitrogens with two attached hydrogens (primary N) is 1. The number of hydrogen-bond donors (Lipinski definition) is 2. The summed E-state index contributed by atoms with van der Waals surface area (Å²) in [6, 6.07) is 2.58. The lowest BCUT2D eigenvalue weighted by Gasteiger charge is -2.20. The lowest BCUT2D eigenvalue weighted by atomic mass is 10.2. The van der Waals surface area contributed by atoms with Crippen molar-refractivity contribution in [2.24, 2.45) is 5.73 Å². The van der Waals surface area contributed by atoms with E-state index in [1.54, 1.807) is 0 Å². The summed E-state index contributed by atoms with van der Waals surface area (Å²) in [4.78, 5) is 1.64. The Balaban J connectivity index is 2.21. The highest BCUT2D eigenvalue weighted by molar-refractivity contribution is 7.89. The van der Waals surface area contributed by atoms with Gasteiger partial charge >= 0.3 is 0 Å². The fraction of sp³-hybridized carbons (Fsp3) is 0.538. The number of nitrogens with zero attached hydrogens (tertiary/aromatic N) is 1. The summed E-state index contributed by atoms with van der Waals surface area (Å²) < 4.78 is 41.2. The molecule has 1 atom stereocenters. The van der Waals surface area contributed by atoms with E-state index in [-0.39, 0.29) is 29.7 Å². The van der Waals surface area contributed by atoms with Gasteiger partial charge in [0.25, 0.3) is 0 Å². The Morgan fingerprint density at radius 3 is 2.81 bits per heavy atom. The predicted molar refractivity (Wildman–Crippen MR) is 80.1 cm³/mol. The smallest absolute Gasteiger partial charge is 0.243 e. The molecule has 1 unspecified atom stereocenters. The molecular weight excluding hydrogens is 317 g/mol. The predicted octanol–water partition coefficient (Wildman–Crippen LogP) is 1.31. The van der Waals surface area contributed by atoms with Crippen molar-refractivity contribution in [3.8, 4) is 0 Å². The van der Waals surface area contributed by atoms with E-state index < -0.39 is 20.7 Å². The lowest BCUT2D eigenvalue weighted by molar-refractivity contribution is 0.310. The summed E-state index contributed by atoms with van der Waals surface area (Å²) >= 11 is 5.83. The van der Waals surface area contributed by atoms with Crippen LogP contribution in [0.5, 0.6) is 0 Å². The molecule has 3 N–H and O–H groups in total. The first-order chi connectivity index (χ1) is 9.85. The normalized spacial score (nSPS) is 20.1. The zero-order valence-electron chi connectivity index (χ0n) is 11.8. The molecule has 0 bridgehead atoms. The van der Waals surface area contributed by atoms with Crippen molar-refractivity contribution in [1.29, 1.82) is 0 Å². The molecule has 1 aromatic rings. The van der Waals surface area contributed by atoms with Gasteiger partial charge in [-0.3, -0.25) is 0 Å². The molecule has 1 aromatic carbocycles. The van der Waals surface area contributed by atoms with Gasteiger partial charge in [0.1, 0.15) is 10.7 Å². The molecule has 0 spiro atoms. The second-order valence-corrected chi connectivity index (χ2v) is 7.38. The van der Waals surface area contributed by atoms with Crippen LogP contribution in [0, 0.1) is 5.82 Å². The van der Waals surface area contributed by atoms with Crippen LogP contribution in [-0.2, 0) is 16.6 Å². The van der Waals surface area contributed by atoms with Crippen molar-refractivity contribution < 1.29 is 12.8 Å². The molecule has 21 heavy (non-hydrogen) atoms. The summed E-state index contributed by atoms with van der Waals surface area (Å²) in [5.74, 6) is -0.839. The SMILES string of the molecule is CN1CCCC1CNS(=O)(=O)c1cc(Cl)cc(CN)c1F. The van der Waals surface area contributed by atoms with Crippen LogP contribution >= 0.6 is 11.6 Å². The summed E-state index contributed by atoms with van der Waals surface area (Å²) in [6.45, 7) is 1.08. The van der Waals surface area contributed by atoms with Crippen LogP contribution in [-0.4, -0.2) is 39.5 Å². The third-order valence-electron chi connectivity index (χ3n) is 3.77. The molecule has 1 saturated heterocycles. The van der Waals surface area contributed by atoms with Crippen LogP contribution in [0.25, 0.3) is 0 Å². The second-order valence-electron chi connectivity index (χ2n) is 5.21. The monoisotopic (exact) mass is 335 g/mol. The number of benzene rings is 1. The Bertz CT molecular complexity index is 624. The van der Waals surface area contributed by atoms with Gasteiger partial charge in [0.15, 0.2) is 0 Å². The van der Waals surface area contributed by atoms with Crippen LogP contribution in [0.3, 0.4) is 0 Å². The summed E-state index contributed by atoms with van der Waals surface area (Å²) in [7, 11) is -2.01. The maximum Gasteiger partial charge on any atom is 0.243 e. The van der Waals surface area contributed by atoms with Gasteiger partial charge < -0.3 is 10.6 Å². The van der Waals surface area contributed by atoms with Gasteiger partial charge in [-0.25, -0.2) is 17.5 Å². The van der Waals surface area contributed by atoms with Crippen LogP contribution in [0.4, 0.5) is 4.39 Å². The molecule has 1 heterocycles. The van der Waals surface area contributed by atoms with Crippen molar-refractivity contribution in [2.75, 3.05) is 20.1 Å². The van der Waals surface area contributed by atoms with Gasteiger partial charge in [0.05, 0.1) is 0 Å². The topological polar surface area (TPSA) is 75.4 Å². The number of likely N-dealkylation sites (tertiary alicyclic amines) is 1. The molecule has 8 heteroatoms. The Labute approximate surface area is 129 Å². The Hall–Kier alpha value is -0.730. The van der Waals surface area contributed by atoms with Crippen molar-refractivity contribution in [3.63, 3.8) is 0 Å². The maximum absolute atomic E-state index is 14.2. The standard InChI is InChI=1S/C13H19ClFN3O2S/c1-18-4-2-3-11(18)8-17-21(19,20)12-6-10(14)5-9(7-16)13(12)15/h5-6,11,17H,2-4,7-8,16H2,1H3. The molecule has 0 radical (unpaired) electrons. The number of halogens is 2. The highest BCUT2D eigenvalue weighted by Crippen LogP contribution is 2.24. The van der Waals surface area contributed by atoms with Gasteiger partial charge in [-0.2, -0.15) is 0 Å². The van der Waals surface area contributed by atoms with E-state index in [0.29, 0.717) is 0 Å². The molecule has 0 amide bonds. The van der Waals surface area contributed by atoms with Crippen LogP contribution in [0.2, 0.25) is 5.02 Å². The number of likely N-dealkylation sites (N-methyl/N-ethyl adjacent to an activating group) is 1. The minimum Gasteiger partial charge on any atom is -0.326 e. The Morgan fingerprint density at radius 1 is 1.52 bits per heavy atom. The van der Waals surface area contributed by atoms with Gasteiger partial charge in [-0.15, -0.1) is 0 Å². The number of sulfonamides is 1. The second kappa shape index (κ2) is 6.58. The minimum absolute atomic E-state index is 0.0841. The van der Waals surface area contributed by atoms with Crippen LogP contribution < -0.4 is 10.5 Å². The molecule has 118 valence electrons. The van der Waals surface area contributed by atoms with Gasteiger partial charge in [-0.1, -0.05) is 11.6 Å². The van der Waals surface area contributed by atoms with E-state index in [4.69, 9.17) is 17.3 Å². The quantitative estimate of drug-likeness (QED) is 0.850. The average Bonchev–Trinajstić information content (AvgIpc) is 2.84. The first-order valence-corrected chi connectivity index (χ1v) is 8.59. The number of nitrogens with one attached hydrogen (secondary N) is 1. The minimum atomic E-state index is -3.95. The van der Waals surface area contributed by atoms with Crippen molar-refractivity contribution in [3.05, 3.63) is 28.5 Å². The van der Waals surface area contributed by atoms with Gasteiger partial charge in [0, 0.05) is 29.7 Å². The van der Waals surface area contributed by atoms with Crippen molar-refractivity contribution in [1.82, 2.24) is 9.62 Å². The van der Waals surface area contributed by atoms with Crippen LogP contribution in [0.1, 0.15) is 18.4 Å². The molecule has 1 fully saturated rings. The molecule has 5 nitrogen and oxygen atoms in total. The van der Waals surface area contributed by atoms with Crippen molar-refractivity contribution in [2.45, 2.75) is 30.3 Å². The first-order valence-electron chi connectivity index (χ1n) is 6.73. The fourth-order valence-corrected chi connectivity index (χ4v) is 4.01. The van der Waals surface area contributed by atoms with Crippen molar-refractivity contribution >= 4 is 21.6 Å². The molecule has 0 aliphatic carbocycles. The van der Waals surface area contributed by atoms with E-state index in [9.17, 15) is 12.8 Å². The largest absolute Gasteiger partial charge is 0.326 e. The molecule has 2 rings (SSSR count). The zero-order valence-corrected chi connectivity index (χ0v) is 13.3. The Morgan fingerprint density at radius 2 is 2.24 bits per heavy atom. The molecular formula is C13H19ClFN3O2S. The van der Waals surface area contributed by atoms with E-state index in [1.807, 2.05) is 7.05 Å². The molecule has 0 saturated carbocycles. The van der Waals surface area contributed by atoms with Gasteiger partial charge in [-0.05, 0) is 38.6 Å². The van der Waals surface area contributed by atoms with E-state index in [0.717, 1.165) is 25.5 Å². The average molecular weight is 336 g/mol. The molecule has 1 aliphatic rings. The van der Waals surface area contributed by atoms with Gasteiger partial charge in [0.2, 0.25) is 10.0 Å². The zero-order chi connectivity index (χ0) is 15.6. The molecule has 1 aliphatic heterocycles. The lowest BCUT2D eigenvalue weighted by Crippen LogP contribution is -2.38. The first kappa shape index (κ1) is 16.6. The summed E-state index contributed by atoms with van der Waals surface area (Å²) in [6.07, 6.45) is 1.96. The highest BCUT2D eigenvalue weighted by atomic mass is 35.5. The van der Waals surface area contributed by atoms with E-state index >= 15 is 0 Å².